The van der Waals surface area contributed by atoms with Crippen molar-refractivity contribution in [3.8, 4) is 0 Å². The summed E-state index contributed by atoms with van der Waals surface area (Å²) in [5.74, 6) is -1.04. The number of anilines is 1. The Labute approximate surface area is 506 Å². The molecule has 3 aliphatic heterocycles. The Balaban J connectivity index is 0.000000472. The first-order valence-electron chi connectivity index (χ1n) is 29.8. The Morgan fingerprint density at radius 2 is 1.32 bits per heavy atom. The van der Waals surface area contributed by atoms with Gasteiger partial charge >= 0.3 is 0 Å². The SMILES string of the molecule is C.C=C/C(=C\C(=C)CC)c1cc(N)c(C(=O)N2CCC(CN3CCN(CC(=O)N4CCN(C=O)CC4)CC3)CC2)c(F)c1.C=C/C(=C\C(=C)F)c1cccc(CC)c1.CC.CC.CCC.Cc1cc(Cc2n[nH]c(=O)c3ccccc23)ccc1F. The molecule has 3 aliphatic rings. The van der Waals surface area contributed by atoms with Crippen LogP contribution in [-0.2, 0) is 22.4 Å². The molecule has 3 saturated heterocycles. The number of nitrogen functional groups attached to an aromatic ring is 1. The molecule has 0 spiro atoms. The molecule has 3 fully saturated rings. The number of hydrogen-bond donors (Lipinski definition) is 2. The number of aromatic nitrogens is 2. The second-order valence-electron chi connectivity index (χ2n) is 20.4. The number of carbonyl (C=O) groups is 3. The molecule has 0 unspecified atom stereocenters. The van der Waals surface area contributed by atoms with Gasteiger partial charge in [0.15, 0.2) is 0 Å². The maximum absolute atomic E-state index is 15.2. The van der Waals surface area contributed by atoms with E-state index >= 15 is 4.39 Å². The number of likely N-dealkylation sites (tertiary alicyclic amines) is 1. The van der Waals surface area contributed by atoms with Gasteiger partial charge in [0, 0.05) is 89.5 Å². The highest BCUT2D eigenvalue weighted by molar-refractivity contribution is 6.00. The maximum atomic E-state index is 15.2. The number of nitrogens with zero attached hydrogens (tertiary/aromatic N) is 6. The second kappa shape index (κ2) is 39.1. The monoisotopic (exact) mass is 1170 g/mol. The molecule has 12 nitrogen and oxygen atoms in total. The average Bonchev–Trinajstić information content (AvgIpc) is 3.49. The lowest BCUT2D eigenvalue weighted by molar-refractivity contribution is -0.136. The summed E-state index contributed by atoms with van der Waals surface area (Å²) >= 11 is 0. The maximum Gasteiger partial charge on any atom is 0.272 e. The van der Waals surface area contributed by atoms with Crippen LogP contribution < -0.4 is 11.3 Å². The first kappa shape index (κ1) is 73.5. The average molecular weight is 1170 g/mol. The fraction of sp³-hybridized carbons (Fsp3) is 0.414. The van der Waals surface area contributed by atoms with Crippen LogP contribution in [0.2, 0.25) is 0 Å². The fourth-order valence-corrected chi connectivity index (χ4v) is 9.66. The number of piperazine rings is 2. The molecular weight excluding hydrogens is 1070 g/mol. The highest BCUT2D eigenvalue weighted by Gasteiger charge is 2.30. The standard InChI is InChI=1S/C32H45FN6O3.C16H13FN2O.C14H15F.C3H8.2C2H6.CH4/c1-4-24(3)18-26(5-2)27-19-28(33)31(29(34)20-27)32(42)39-8-6-25(7-9-39)21-35-10-12-36(13-11-35)22-30(41)38-16-14-37(23-40)15-17-38;1-10-8-11(6-7-14(10)17)9-15-12-4-2-3-5-13(12)16(20)19-18-15;1-4-12-7-6-8-14(10-12)13(5-2)9-11(3)15;1-3-2;2*1-2;/h5,18-20,23,25H,2-4,6-17,21-22,34H2,1H3;2-8H,9H2,1H3,(H,19,20);5-10H,2-4H2,1H3;3H2,1-2H3;2*1-2H3;1H4/b26-18+;;13-9+;;;;. The molecule has 15 heteroatoms. The summed E-state index contributed by atoms with van der Waals surface area (Å²) in [5, 5.41) is 8.09. The quantitative estimate of drug-likeness (QED) is 0.0566. The Morgan fingerprint density at radius 3 is 1.87 bits per heavy atom. The molecule has 85 heavy (non-hydrogen) atoms. The van der Waals surface area contributed by atoms with Crippen molar-refractivity contribution < 1.29 is 27.6 Å². The number of piperidine rings is 1. The van der Waals surface area contributed by atoms with Gasteiger partial charge in [-0.25, -0.2) is 18.3 Å². The van der Waals surface area contributed by atoms with Crippen LogP contribution in [0.4, 0.5) is 18.9 Å². The normalized spacial score (nSPS) is 14.6. The molecule has 0 aliphatic carbocycles. The Bertz CT molecular complexity index is 3050. The highest BCUT2D eigenvalue weighted by Crippen LogP contribution is 2.29. The lowest BCUT2D eigenvalue weighted by Gasteiger charge is -2.39. The summed E-state index contributed by atoms with van der Waals surface area (Å²) in [5.41, 5.74) is 13.6. The van der Waals surface area contributed by atoms with E-state index in [2.05, 4.69) is 73.2 Å². The van der Waals surface area contributed by atoms with Gasteiger partial charge in [0.25, 0.3) is 11.5 Å². The number of benzene rings is 4. The minimum atomic E-state index is -0.619. The van der Waals surface area contributed by atoms with Gasteiger partial charge < -0.3 is 25.3 Å². The second-order valence-corrected chi connectivity index (χ2v) is 20.4. The van der Waals surface area contributed by atoms with E-state index in [-0.39, 0.29) is 41.9 Å². The third-order valence-corrected chi connectivity index (χ3v) is 14.3. The van der Waals surface area contributed by atoms with Gasteiger partial charge in [-0.2, -0.15) is 5.10 Å². The first-order chi connectivity index (χ1) is 40.4. The summed E-state index contributed by atoms with van der Waals surface area (Å²) < 4.78 is 41.2. The van der Waals surface area contributed by atoms with E-state index in [1.165, 1.54) is 30.2 Å². The van der Waals surface area contributed by atoms with Gasteiger partial charge in [0.05, 0.1) is 23.2 Å². The van der Waals surface area contributed by atoms with Gasteiger partial charge in [-0.05, 0) is 108 Å². The number of H-pyrrole nitrogens is 1. The van der Waals surface area contributed by atoms with Gasteiger partial charge in [-0.1, -0.05) is 174 Å². The zero-order valence-electron chi connectivity index (χ0n) is 51.6. The molecule has 3 amide bonds. The number of hydrogen-bond acceptors (Lipinski definition) is 8. The van der Waals surface area contributed by atoms with Crippen molar-refractivity contribution in [2.45, 2.75) is 108 Å². The van der Waals surface area contributed by atoms with Crippen molar-refractivity contribution in [3.63, 3.8) is 0 Å². The topological polar surface area (TPSA) is 139 Å². The molecule has 8 rings (SSSR count). The third-order valence-electron chi connectivity index (χ3n) is 14.3. The zero-order valence-corrected chi connectivity index (χ0v) is 51.6. The molecule has 0 saturated carbocycles. The van der Waals surface area contributed by atoms with Crippen molar-refractivity contribution in [3.05, 3.63) is 202 Å². The smallest absolute Gasteiger partial charge is 0.272 e. The number of carbonyl (C=O) groups excluding carboxylic acids is 3. The Kier molecular flexibility index (Phi) is 33.8. The van der Waals surface area contributed by atoms with Crippen LogP contribution in [0.3, 0.4) is 0 Å². The van der Waals surface area contributed by atoms with E-state index < -0.39 is 11.6 Å². The van der Waals surface area contributed by atoms with Gasteiger partial charge in [0.2, 0.25) is 12.3 Å². The molecule has 4 heterocycles. The lowest BCUT2D eigenvalue weighted by Crippen LogP contribution is -2.54. The number of amides is 3. The van der Waals surface area contributed by atoms with Crippen LogP contribution in [-0.4, -0.2) is 131 Å². The third kappa shape index (κ3) is 23.1. The van der Waals surface area contributed by atoms with Crippen LogP contribution in [0, 0.1) is 24.5 Å². The van der Waals surface area contributed by atoms with Crippen LogP contribution in [0.1, 0.15) is 132 Å². The number of aromatic amines is 1. The predicted molar refractivity (Wildman–Crippen MR) is 350 cm³/mol. The molecule has 3 N–H and O–H groups in total. The van der Waals surface area contributed by atoms with Crippen molar-refractivity contribution in [2.24, 2.45) is 5.92 Å². The van der Waals surface area contributed by atoms with Crippen molar-refractivity contribution in [1.29, 1.82) is 0 Å². The van der Waals surface area contributed by atoms with Gasteiger partial charge in [-0.15, -0.1) is 0 Å². The van der Waals surface area contributed by atoms with Crippen molar-refractivity contribution in [1.82, 2.24) is 34.7 Å². The molecule has 1 aromatic heterocycles. The Morgan fingerprint density at radius 1 is 0.718 bits per heavy atom. The summed E-state index contributed by atoms with van der Waals surface area (Å²) in [6, 6.07) is 23.3. The summed E-state index contributed by atoms with van der Waals surface area (Å²) in [6.07, 6.45) is 12.6. The predicted octanol–water partition coefficient (Wildman–Crippen LogP) is 14.1. The molecule has 4 aromatic carbocycles. The molecule has 0 atom stereocenters. The van der Waals surface area contributed by atoms with Crippen LogP contribution >= 0.6 is 0 Å². The summed E-state index contributed by atoms with van der Waals surface area (Å²) in [6.45, 7) is 41.2. The van der Waals surface area contributed by atoms with E-state index in [0.29, 0.717) is 80.2 Å². The van der Waals surface area contributed by atoms with Crippen LogP contribution in [0.25, 0.3) is 21.9 Å². The number of rotatable bonds is 16. The lowest BCUT2D eigenvalue weighted by atomic mass is 9.94. The van der Waals surface area contributed by atoms with Crippen LogP contribution in [0.5, 0.6) is 0 Å². The number of nitrogens with one attached hydrogen (secondary N) is 1. The Hall–Kier alpha value is -7.62. The number of nitrogens with two attached hydrogens (primary N) is 1. The van der Waals surface area contributed by atoms with E-state index in [9.17, 15) is 28.0 Å². The minimum absolute atomic E-state index is 0. The summed E-state index contributed by atoms with van der Waals surface area (Å²) in [4.78, 5) is 58.5. The number of allylic oxidation sites excluding steroid dienone is 8. The highest BCUT2D eigenvalue weighted by atomic mass is 19.1. The first-order valence-corrected chi connectivity index (χ1v) is 29.8. The minimum Gasteiger partial charge on any atom is -0.398 e. The van der Waals surface area contributed by atoms with Gasteiger partial charge in [0.1, 0.15) is 17.5 Å². The summed E-state index contributed by atoms with van der Waals surface area (Å²) in [7, 11) is 0. The molecule has 0 bridgehead atoms. The molecule has 0 radical (unpaired) electrons. The van der Waals surface area contributed by atoms with Crippen molar-refractivity contribution in [2.75, 3.05) is 84.3 Å². The van der Waals surface area contributed by atoms with Crippen molar-refractivity contribution >= 4 is 45.8 Å². The fourth-order valence-electron chi connectivity index (χ4n) is 9.66. The number of aryl methyl sites for hydroxylation is 2. The van der Waals surface area contributed by atoms with E-state index in [1.54, 1.807) is 53.1 Å². The number of fused-ring (bicyclic) bond motifs is 1. The molecule has 5 aromatic rings. The van der Waals surface area contributed by atoms with E-state index in [1.807, 2.05) is 82.0 Å². The number of halogens is 3. The van der Waals surface area contributed by atoms with E-state index in [4.69, 9.17) is 5.73 Å². The van der Waals surface area contributed by atoms with E-state index in [0.717, 1.165) is 98.2 Å². The van der Waals surface area contributed by atoms with Gasteiger partial charge in [-0.3, -0.25) is 24.1 Å². The zero-order chi connectivity index (χ0) is 62.3. The molecular formula is C70H97F3N8O4. The van der Waals surface area contributed by atoms with Crippen LogP contribution in [0.15, 0.2) is 146 Å². The largest absolute Gasteiger partial charge is 0.398 e. The molecule has 462 valence electrons.